The maximum absolute atomic E-state index is 12.5. The van der Waals surface area contributed by atoms with Gasteiger partial charge in [-0.1, -0.05) is 6.07 Å². The van der Waals surface area contributed by atoms with E-state index in [0.717, 1.165) is 0 Å². The lowest BCUT2D eigenvalue weighted by Crippen LogP contribution is -2.37. The van der Waals surface area contributed by atoms with Gasteiger partial charge in [0, 0.05) is 13.1 Å². The molecular formula is C18H22N2O4S2. The van der Waals surface area contributed by atoms with Gasteiger partial charge >= 0.3 is 0 Å². The SMILES string of the molecule is C[C@H](NC(=O)COc1ccc(N(C)S(=O)(=O)c2cccs2)cc1)C1CC1. The predicted octanol–water partition coefficient (Wildman–Crippen LogP) is 2.87. The maximum Gasteiger partial charge on any atom is 0.273 e. The first-order valence-electron chi connectivity index (χ1n) is 8.42. The van der Waals surface area contributed by atoms with Crippen molar-refractivity contribution in [1.29, 1.82) is 0 Å². The van der Waals surface area contributed by atoms with E-state index in [1.807, 2.05) is 6.92 Å². The number of nitrogens with zero attached hydrogens (tertiary/aromatic N) is 1. The quantitative estimate of drug-likeness (QED) is 0.747. The van der Waals surface area contributed by atoms with Crippen molar-refractivity contribution in [2.75, 3.05) is 18.0 Å². The summed E-state index contributed by atoms with van der Waals surface area (Å²) in [5, 5.41) is 4.66. The van der Waals surface area contributed by atoms with E-state index in [2.05, 4.69) is 5.32 Å². The lowest BCUT2D eigenvalue weighted by atomic mass is 10.2. The van der Waals surface area contributed by atoms with Crippen LogP contribution in [-0.2, 0) is 14.8 Å². The van der Waals surface area contributed by atoms with Gasteiger partial charge in [0.15, 0.2) is 6.61 Å². The van der Waals surface area contributed by atoms with Gasteiger partial charge in [0.05, 0.1) is 5.69 Å². The van der Waals surface area contributed by atoms with Gasteiger partial charge in [0.25, 0.3) is 15.9 Å². The van der Waals surface area contributed by atoms with Gasteiger partial charge in [-0.25, -0.2) is 8.42 Å². The zero-order chi connectivity index (χ0) is 18.7. The lowest BCUT2D eigenvalue weighted by molar-refractivity contribution is -0.123. The Kier molecular flexibility index (Phi) is 5.52. The van der Waals surface area contributed by atoms with Crippen molar-refractivity contribution in [1.82, 2.24) is 5.32 Å². The average molecular weight is 395 g/mol. The van der Waals surface area contributed by atoms with Crippen molar-refractivity contribution < 1.29 is 17.9 Å². The minimum absolute atomic E-state index is 0.0558. The van der Waals surface area contributed by atoms with E-state index < -0.39 is 10.0 Å². The van der Waals surface area contributed by atoms with E-state index in [4.69, 9.17) is 4.74 Å². The van der Waals surface area contributed by atoms with Gasteiger partial charge in [-0.3, -0.25) is 9.10 Å². The fraction of sp³-hybridized carbons (Fsp3) is 0.389. The minimum Gasteiger partial charge on any atom is -0.484 e. The van der Waals surface area contributed by atoms with Crippen molar-refractivity contribution in [3.63, 3.8) is 0 Å². The van der Waals surface area contributed by atoms with E-state index in [1.165, 1.54) is 35.5 Å². The number of carbonyl (C=O) groups is 1. The van der Waals surface area contributed by atoms with Crippen LogP contribution in [0.4, 0.5) is 5.69 Å². The highest BCUT2D eigenvalue weighted by molar-refractivity contribution is 7.94. The fourth-order valence-corrected chi connectivity index (χ4v) is 4.95. The van der Waals surface area contributed by atoms with E-state index in [0.29, 0.717) is 21.6 Å². The lowest BCUT2D eigenvalue weighted by Gasteiger charge is -2.19. The van der Waals surface area contributed by atoms with Crippen LogP contribution in [-0.4, -0.2) is 34.0 Å². The number of rotatable bonds is 8. The Morgan fingerprint density at radius 1 is 1.31 bits per heavy atom. The Hall–Kier alpha value is -2.06. The monoisotopic (exact) mass is 394 g/mol. The number of thiophene rings is 1. The van der Waals surface area contributed by atoms with Gasteiger partial charge in [0.2, 0.25) is 0 Å². The van der Waals surface area contributed by atoms with E-state index >= 15 is 0 Å². The van der Waals surface area contributed by atoms with Crippen LogP contribution in [0.3, 0.4) is 0 Å². The summed E-state index contributed by atoms with van der Waals surface area (Å²) in [5.74, 6) is 0.967. The van der Waals surface area contributed by atoms with Crippen molar-refractivity contribution >= 4 is 33.0 Å². The predicted molar refractivity (Wildman–Crippen MR) is 102 cm³/mol. The molecule has 1 aromatic heterocycles. The Morgan fingerprint density at radius 3 is 2.58 bits per heavy atom. The Balaban J connectivity index is 1.57. The van der Waals surface area contributed by atoms with Gasteiger partial charge in [-0.15, -0.1) is 11.3 Å². The van der Waals surface area contributed by atoms with Crippen LogP contribution < -0.4 is 14.4 Å². The first-order valence-corrected chi connectivity index (χ1v) is 10.7. The molecule has 1 aliphatic carbocycles. The zero-order valence-corrected chi connectivity index (χ0v) is 16.3. The molecule has 0 saturated heterocycles. The van der Waals surface area contributed by atoms with Crippen LogP contribution >= 0.6 is 11.3 Å². The molecule has 1 atom stereocenters. The highest BCUT2D eigenvalue weighted by Gasteiger charge is 2.28. The Labute approximate surface area is 157 Å². The van der Waals surface area contributed by atoms with Gasteiger partial charge in [-0.2, -0.15) is 0 Å². The van der Waals surface area contributed by atoms with E-state index in [-0.39, 0.29) is 18.6 Å². The topological polar surface area (TPSA) is 75.7 Å². The standard InChI is InChI=1S/C18H22N2O4S2/c1-13(14-5-6-14)19-17(21)12-24-16-9-7-15(8-10-16)20(2)26(22,23)18-4-3-11-25-18/h3-4,7-11,13-14H,5-6,12H2,1-2H3,(H,19,21)/t13-/m0/s1. The third-order valence-corrected chi connectivity index (χ3v) is 7.56. The summed E-state index contributed by atoms with van der Waals surface area (Å²) in [6.45, 7) is 1.95. The third kappa shape index (κ3) is 4.37. The summed E-state index contributed by atoms with van der Waals surface area (Å²) in [6.07, 6.45) is 2.34. The largest absolute Gasteiger partial charge is 0.484 e. The van der Waals surface area contributed by atoms with Crippen LogP contribution in [0.1, 0.15) is 19.8 Å². The second kappa shape index (κ2) is 7.67. The molecule has 1 heterocycles. The normalized spacial score (nSPS) is 15.3. The highest BCUT2D eigenvalue weighted by Crippen LogP contribution is 2.32. The molecule has 1 aromatic carbocycles. The molecule has 8 heteroatoms. The molecule has 0 aliphatic heterocycles. The van der Waals surface area contributed by atoms with Crippen LogP contribution in [0.15, 0.2) is 46.0 Å². The number of hydrogen-bond donors (Lipinski definition) is 1. The van der Waals surface area contributed by atoms with Crippen LogP contribution in [0, 0.1) is 5.92 Å². The molecule has 1 aliphatic rings. The van der Waals surface area contributed by atoms with Crippen LogP contribution in [0.25, 0.3) is 0 Å². The third-order valence-electron chi connectivity index (χ3n) is 4.40. The first kappa shape index (κ1) is 18.7. The smallest absolute Gasteiger partial charge is 0.273 e. The molecule has 3 rings (SSSR count). The molecule has 26 heavy (non-hydrogen) atoms. The molecule has 1 amide bonds. The molecule has 0 bridgehead atoms. The molecule has 0 radical (unpaired) electrons. The summed E-state index contributed by atoms with van der Waals surface area (Å²) in [7, 11) is -2.04. The summed E-state index contributed by atoms with van der Waals surface area (Å²) in [6, 6.07) is 10.1. The number of anilines is 1. The van der Waals surface area contributed by atoms with Crippen molar-refractivity contribution in [2.45, 2.75) is 30.0 Å². The highest BCUT2D eigenvalue weighted by atomic mass is 32.2. The van der Waals surface area contributed by atoms with E-state index in [1.54, 1.807) is 41.8 Å². The maximum atomic E-state index is 12.5. The number of benzene rings is 1. The fourth-order valence-electron chi connectivity index (χ4n) is 2.59. The van der Waals surface area contributed by atoms with Gasteiger partial charge in [0.1, 0.15) is 9.96 Å². The zero-order valence-electron chi connectivity index (χ0n) is 14.7. The number of carbonyl (C=O) groups excluding carboxylic acids is 1. The second-order valence-electron chi connectivity index (χ2n) is 6.38. The molecular weight excluding hydrogens is 372 g/mol. The molecule has 6 nitrogen and oxygen atoms in total. The molecule has 140 valence electrons. The summed E-state index contributed by atoms with van der Waals surface area (Å²) in [4.78, 5) is 11.9. The number of hydrogen-bond acceptors (Lipinski definition) is 5. The first-order chi connectivity index (χ1) is 12.4. The number of sulfonamides is 1. The van der Waals surface area contributed by atoms with Gasteiger partial charge < -0.3 is 10.1 Å². The molecule has 0 unspecified atom stereocenters. The number of ether oxygens (including phenoxy) is 1. The summed E-state index contributed by atoms with van der Waals surface area (Å²) in [5.41, 5.74) is 0.526. The molecule has 1 fully saturated rings. The van der Waals surface area contributed by atoms with Gasteiger partial charge in [-0.05, 0) is 61.4 Å². The molecule has 0 spiro atoms. The Bertz CT molecular complexity index is 844. The minimum atomic E-state index is -3.56. The van der Waals surface area contributed by atoms with Crippen LogP contribution in [0.2, 0.25) is 0 Å². The summed E-state index contributed by atoms with van der Waals surface area (Å²) < 4.78 is 32.0. The van der Waals surface area contributed by atoms with Crippen molar-refractivity contribution in [2.24, 2.45) is 5.92 Å². The molecule has 1 saturated carbocycles. The number of amides is 1. The number of nitrogens with one attached hydrogen (secondary N) is 1. The average Bonchev–Trinajstić information content (AvgIpc) is 3.33. The second-order valence-corrected chi connectivity index (χ2v) is 9.52. The Morgan fingerprint density at radius 2 is 2.00 bits per heavy atom. The van der Waals surface area contributed by atoms with Crippen molar-refractivity contribution in [3.8, 4) is 5.75 Å². The van der Waals surface area contributed by atoms with Crippen molar-refractivity contribution in [3.05, 3.63) is 41.8 Å². The van der Waals surface area contributed by atoms with E-state index in [9.17, 15) is 13.2 Å². The summed E-state index contributed by atoms with van der Waals surface area (Å²) >= 11 is 1.18. The molecule has 1 N–H and O–H groups in total. The molecule has 2 aromatic rings. The van der Waals surface area contributed by atoms with Crippen LogP contribution in [0.5, 0.6) is 5.75 Å².